The van der Waals surface area contributed by atoms with Crippen molar-refractivity contribution in [3.63, 3.8) is 0 Å². The van der Waals surface area contributed by atoms with Crippen molar-refractivity contribution in [2.75, 3.05) is 13.7 Å². The molecule has 0 atom stereocenters. The molecule has 5 rings (SSSR count). The van der Waals surface area contributed by atoms with Crippen LogP contribution in [0.15, 0.2) is 68.0 Å². The Morgan fingerprint density at radius 3 is 2.67 bits per heavy atom. The van der Waals surface area contributed by atoms with Gasteiger partial charge in [0.1, 0.15) is 15.8 Å². The lowest BCUT2D eigenvalue weighted by molar-refractivity contribution is -0.134. The highest BCUT2D eigenvalue weighted by molar-refractivity contribution is 8.26. The standard InChI is InChI=1S/C25H17NO6S4/c1-30-15-6-4-14(5-7-15)18-11-16(12-19-22(18)32-25(29)36-19)31-21(27)8-9-26-23(28)20(35-24(26)33)13-17-3-2-10-34-17/h2-7,10-13H,8-9H2,1H3/b20-13-. The van der Waals surface area contributed by atoms with E-state index in [0.717, 1.165) is 21.8 Å². The van der Waals surface area contributed by atoms with Crippen LogP contribution in [-0.2, 0) is 9.59 Å². The molecule has 1 amide bonds. The summed E-state index contributed by atoms with van der Waals surface area (Å²) in [6.07, 6.45) is 1.75. The summed E-state index contributed by atoms with van der Waals surface area (Å²) in [6.45, 7) is 0.109. The van der Waals surface area contributed by atoms with Crippen LogP contribution in [0.25, 0.3) is 27.5 Å². The minimum Gasteiger partial charge on any atom is -0.497 e. The number of benzene rings is 2. The summed E-state index contributed by atoms with van der Waals surface area (Å²) in [5, 5.41) is 1.93. The summed E-state index contributed by atoms with van der Waals surface area (Å²) in [6, 6.07) is 14.3. The molecule has 1 aliphatic rings. The third kappa shape index (κ3) is 5.14. The second-order valence-corrected chi connectivity index (χ2v) is 11.2. The van der Waals surface area contributed by atoms with E-state index in [4.69, 9.17) is 26.1 Å². The molecule has 1 fully saturated rings. The minimum atomic E-state index is -0.526. The number of thiophene rings is 1. The number of hydrogen-bond donors (Lipinski definition) is 0. The summed E-state index contributed by atoms with van der Waals surface area (Å²) in [7, 11) is 1.58. The van der Waals surface area contributed by atoms with Crippen LogP contribution >= 0.6 is 46.7 Å². The maximum Gasteiger partial charge on any atom is 0.396 e. The van der Waals surface area contributed by atoms with Crippen LogP contribution in [0.5, 0.6) is 11.5 Å². The van der Waals surface area contributed by atoms with Gasteiger partial charge in [0.15, 0.2) is 5.58 Å². The van der Waals surface area contributed by atoms with Crippen molar-refractivity contribution in [1.82, 2.24) is 4.90 Å². The number of carbonyl (C=O) groups excluding carboxylic acids is 2. The van der Waals surface area contributed by atoms with Crippen LogP contribution in [0.4, 0.5) is 0 Å². The number of carbonyl (C=O) groups is 2. The normalized spacial score (nSPS) is 14.7. The third-order valence-electron chi connectivity index (χ3n) is 5.27. The fourth-order valence-electron chi connectivity index (χ4n) is 3.58. The van der Waals surface area contributed by atoms with E-state index in [-0.39, 0.29) is 24.6 Å². The first-order valence-corrected chi connectivity index (χ1v) is 13.5. The van der Waals surface area contributed by atoms with Crippen molar-refractivity contribution in [2.24, 2.45) is 0 Å². The first-order valence-electron chi connectivity index (χ1n) is 10.6. The molecule has 1 saturated heterocycles. The molecule has 11 heteroatoms. The Bertz CT molecular complexity index is 1550. The van der Waals surface area contributed by atoms with Crippen LogP contribution in [0.3, 0.4) is 0 Å². The van der Waals surface area contributed by atoms with Gasteiger partial charge in [0.2, 0.25) is 0 Å². The van der Waals surface area contributed by atoms with E-state index in [1.54, 1.807) is 37.5 Å². The number of rotatable bonds is 7. The molecule has 0 saturated carbocycles. The lowest BCUT2D eigenvalue weighted by atomic mass is 10.0. The average molecular weight is 556 g/mol. The SMILES string of the molecule is COc1ccc(-c2cc(OC(=O)CCN3C(=O)/C(=C/c4cccs4)SC3=S)cc3sc(=O)oc23)cc1. The van der Waals surface area contributed by atoms with Gasteiger partial charge in [-0.1, -0.05) is 53.5 Å². The maximum atomic E-state index is 12.8. The average Bonchev–Trinajstić information content (AvgIpc) is 3.57. The number of ether oxygens (including phenoxy) is 2. The molecule has 182 valence electrons. The number of esters is 1. The quantitative estimate of drug-likeness (QED) is 0.123. The predicted molar refractivity (Wildman–Crippen MR) is 147 cm³/mol. The van der Waals surface area contributed by atoms with Crippen LogP contribution in [0.2, 0.25) is 0 Å². The molecule has 0 N–H and O–H groups in total. The van der Waals surface area contributed by atoms with E-state index in [9.17, 15) is 14.4 Å². The van der Waals surface area contributed by atoms with Gasteiger partial charge in [-0.15, -0.1) is 11.3 Å². The number of fused-ring (bicyclic) bond motifs is 1. The van der Waals surface area contributed by atoms with Gasteiger partial charge in [-0.3, -0.25) is 14.5 Å². The Morgan fingerprint density at radius 2 is 1.94 bits per heavy atom. The number of hydrogen-bond acceptors (Lipinski definition) is 10. The zero-order valence-electron chi connectivity index (χ0n) is 18.7. The predicted octanol–water partition coefficient (Wildman–Crippen LogP) is 5.79. The van der Waals surface area contributed by atoms with Gasteiger partial charge in [0, 0.05) is 23.1 Å². The van der Waals surface area contributed by atoms with Crippen molar-refractivity contribution in [3.8, 4) is 22.6 Å². The Balaban J connectivity index is 1.31. The van der Waals surface area contributed by atoms with Gasteiger partial charge in [0.05, 0.1) is 23.1 Å². The fourth-order valence-corrected chi connectivity index (χ4v) is 6.33. The molecule has 4 aromatic rings. The largest absolute Gasteiger partial charge is 0.497 e. The first-order chi connectivity index (χ1) is 17.4. The van der Waals surface area contributed by atoms with Crippen molar-refractivity contribution in [1.29, 1.82) is 0 Å². The monoisotopic (exact) mass is 555 g/mol. The number of nitrogens with zero attached hydrogens (tertiary/aromatic N) is 1. The topological polar surface area (TPSA) is 86.0 Å². The molecule has 0 spiro atoms. The highest BCUT2D eigenvalue weighted by Crippen LogP contribution is 2.36. The summed E-state index contributed by atoms with van der Waals surface area (Å²) in [5.74, 6) is 0.211. The fraction of sp³-hybridized carbons (Fsp3) is 0.120. The molecule has 7 nitrogen and oxygen atoms in total. The van der Waals surface area contributed by atoms with Crippen LogP contribution in [0, 0.1) is 0 Å². The van der Waals surface area contributed by atoms with Crippen LogP contribution in [0.1, 0.15) is 11.3 Å². The molecule has 3 heterocycles. The molecular formula is C25H17NO6S4. The van der Waals surface area contributed by atoms with Gasteiger partial charge >= 0.3 is 10.9 Å². The molecule has 0 unspecified atom stereocenters. The second-order valence-electron chi connectivity index (χ2n) is 7.55. The Morgan fingerprint density at radius 1 is 1.14 bits per heavy atom. The van der Waals surface area contributed by atoms with Gasteiger partial charge < -0.3 is 13.9 Å². The number of thiocarbonyl (C=S) groups is 1. The molecule has 0 radical (unpaired) electrons. The molecule has 2 aromatic carbocycles. The number of amides is 1. The second kappa shape index (κ2) is 10.4. The van der Waals surface area contributed by atoms with Crippen molar-refractivity contribution in [2.45, 2.75) is 6.42 Å². The van der Waals surface area contributed by atoms with Gasteiger partial charge in [-0.2, -0.15) is 0 Å². The summed E-state index contributed by atoms with van der Waals surface area (Å²) in [5.41, 5.74) is 1.81. The Hall–Kier alpha value is -3.25. The van der Waals surface area contributed by atoms with Crippen LogP contribution in [-0.4, -0.2) is 34.8 Å². The van der Waals surface area contributed by atoms with Gasteiger partial charge in [-0.25, -0.2) is 4.79 Å². The lowest BCUT2D eigenvalue weighted by Crippen LogP contribution is -2.31. The molecule has 36 heavy (non-hydrogen) atoms. The molecule has 0 bridgehead atoms. The van der Waals surface area contributed by atoms with E-state index in [1.807, 2.05) is 29.6 Å². The smallest absolute Gasteiger partial charge is 0.396 e. The van der Waals surface area contributed by atoms with Gasteiger partial charge in [0.25, 0.3) is 5.91 Å². The van der Waals surface area contributed by atoms with E-state index >= 15 is 0 Å². The summed E-state index contributed by atoms with van der Waals surface area (Å²) in [4.78, 5) is 39.8. The van der Waals surface area contributed by atoms with E-state index in [0.29, 0.717) is 30.8 Å². The number of thioether (sulfide) groups is 1. The molecule has 0 aliphatic carbocycles. The zero-order chi connectivity index (χ0) is 25.2. The summed E-state index contributed by atoms with van der Waals surface area (Å²) >= 11 is 9.02. The van der Waals surface area contributed by atoms with Crippen molar-refractivity contribution in [3.05, 3.63) is 73.4 Å². The highest BCUT2D eigenvalue weighted by Gasteiger charge is 2.32. The molecule has 2 aromatic heterocycles. The van der Waals surface area contributed by atoms with Crippen molar-refractivity contribution >= 4 is 79.2 Å². The lowest BCUT2D eigenvalue weighted by Gasteiger charge is -2.14. The van der Waals surface area contributed by atoms with Crippen molar-refractivity contribution < 1.29 is 23.5 Å². The summed E-state index contributed by atoms with van der Waals surface area (Å²) < 4.78 is 17.1. The van der Waals surface area contributed by atoms with E-state index in [1.165, 1.54) is 28.0 Å². The zero-order valence-corrected chi connectivity index (χ0v) is 22.0. The van der Waals surface area contributed by atoms with E-state index < -0.39 is 10.9 Å². The Labute approximate surface area is 222 Å². The first kappa shape index (κ1) is 24.4. The molecular weight excluding hydrogens is 539 g/mol. The van der Waals surface area contributed by atoms with Gasteiger partial charge in [-0.05, 0) is 41.3 Å². The molecule has 1 aliphatic heterocycles. The highest BCUT2D eigenvalue weighted by atomic mass is 32.2. The third-order valence-corrected chi connectivity index (χ3v) is 8.24. The Kier molecular flexibility index (Phi) is 7.06. The number of methoxy groups -OCH3 is 1. The minimum absolute atomic E-state index is 0.0454. The maximum absolute atomic E-state index is 12.8. The van der Waals surface area contributed by atoms with Crippen LogP contribution < -0.4 is 14.4 Å². The van der Waals surface area contributed by atoms with E-state index in [2.05, 4.69) is 0 Å².